The summed E-state index contributed by atoms with van der Waals surface area (Å²) in [6.45, 7) is 7.42. The maximum Gasteiger partial charge on any atom is 0.230 e. The maximum absolute atomic E-state index is 13.1. The highest BCUT2D eigenvalue weighted by molar-refractivity contribution is 5.83. The molecule has 1 saturated heterocycles. The summed E-state index contributed by atoms with van der Waals surface area (Å²) in [5, 5.41) is 0. The zero-order valence-electron chi connectivity index (χ0n) is 17.7. The molecule has 0 spiro atoms. The Kier molecular flexibility index (Phi) is 6.60. The number of benzene rings is 2. The van der Waals surface area contributed by atoms with E-state index >= 15 is 0 Å². The number of hydrogen-bond donors (Lipinski definition) is 0. The van der Waals surface area contributed by atoms with Crippen LogP contribution < -0.4 is 0 Å². The Bertz CT molecular complexity index is 930. The third kappa shape index (κ3) is 4.62. The SMILES string of the molecule is CCC(C(=O)N1CCN(CCn2ccnc2-c2ccccc2)CC1)c1ccccc1. The van der Waals surface area contributed by atoms with Crippen molar-refractivity contribution in [2.24, 2.45) is 0 Å². The summed E-state index contributed by atoms with van der Waals surface area (Å²) in [6, 6.07) is 20.5. The average Bonchev–Trinajstić information content (AvgIpc) is 3.28. The Morgan fingerprint density at radius 3 is 2.27 bits per heavy atom. The number of nitrogens with zero attached hydrogens (tertiary/aromatic N) is 4. The fraction of sp³-hybridized carbons (Fsp3) is 0.360. The van der Waals surface area contributed by atoms with E-state index in [4.69, 9.17) is 0 Å². The Morgan fingerprint density at radius 1 is 0.933 bits per heavy atom. The lowest BCUT2D eigenvalue weighted by Crippen LogP contribution is -2.50. The van der Waals surface area contributed by atoms with E-state index in [-0.39, 0.29) is 11.8 Å². The van der Waals surface area contributed by atoms with Crippen LogP contribution >= 0.6 is 0 Å². The number of piperazine rings is 1. The van der Waals surface area contributed by atoms with Gasteiger partial charge in [0.05, 0.1) is 5.92 Å². The molecule has 1 aromatic heterocycles. The highest BCUT2D eigenvalue weighted by Crippen LogP contribution is 2.23. The van der Waals surface area contributed by atoms with Gasteiger partial charge in [0, 0.05) is 57.2 Å². The quantitative estimate of drug-likeness (QED) is 0.602. The van der Waals surface area contributed by atoms with E-state index < -0.39 is 0 Å². The van der Waals surface area contributed by atoms with Gasteiger partial charge in [-0.15, -0.1) is 0 Å². The zero-order chi connectivity index (χ0) is 20.8. The van der Waals surface area contributed by atoms with Crippen LogP contribution in [-0.4, -0.2) is 58.0 Å². The Labute approximate surface area is 179 Å². The Balaban J connectivity index is 1.30. The molecule has 1 unspecified atom stereocenters. The molecular formula is C25H30N4O. The van der Waals surface area contributed by atoms with Crippen LogP contribution in [-0.2, 0) is 11.3 Å². The lowest BCUT2D eigenvalue weighted by Gasteiger charge is -2.36. The largest absolute Gasteiger partial charge is 0.340 e. The first-order valence-corrected chi connectivity index (χ1v) is 10.9. The summed E-state index contributed by atoms with van der Waals surface area (Å²) < 4.78 is 2.22. The normalized spacial score (nSPS) is 15.8. The smallest absolute Gasteiger partial charge is 0.230 e. The van der Waals surface area contributed by atoms with Gasteiger partial charge in [0.2, 0.25) is 5.91 Å². The van der Waals surface area contributed by atoms with Gasteiger partial charge >= 0.3 is 0 Å². The van der Waals surface area contributed by atoms with E-state index in [1.807, 2.05) is 53.7 Å². The van der Waals surface area contributed by atoms with E-state index in [1.54, 1.807) is 0 Å². The van der Waals surface area contributed by atoms with Gasteiger partial charge in [-0.2, -0.15) is 0 Å². The molecule has 0 N–H and O–H groups in total. The third-order valence-electron chi connectivity index (χ3n) is 6.00. The van der Waals surface area contributed by atoms with Crippen LogP contribution in [0.25, 0.3) is 11.4 Å². The van der Waals surface area contributed by atoms with Gasteiger partial charge in [0.1, 0.15) is 5.82 Å². The van der Waals surface area contributed by atoms with Crippen molar-refractivity contribution < 1.29 is 4.79 Å². The molecule has 0 saturated carbocycles. The van der Waals surface area contributed by atoms with E-state index in [0.29, 0.717) is 0 Å². The highest BCUT2D eigenvalue weighted by atomic mass is 16.2. The van der Waals surface area contributed by atoms with Gasteiger partial charge in [-0.1, -0.05) is 67.6 Å². The Hall–Kier alpha value is -2.92. The van der Waals surface area contributed by atoms with Gasteiger partial charge in [0.25, 0.3) is 0 Å². The predicted octanol–water partition coefficient (Wildman–Crippen LogP) is 3.89. The molecule has 4 rings (SSSR count). The molecule has 0 bridgehead atoms. The molecule has 2 heterocycles. The number of aromatic nitrogens is 2. The van der Waals surface area contributed by atoms with Crippen molar-refractivity contribution in [2.45, 2.75) is 25.8 Å². The number of rotatable bonds is 7. The van der Waals surface area contributed by atoms with Crippen LogP contribution in [0.2, 0.25) is 0 Å². The van der Waals surface area contributed by atoms with Crippen LogP contribution in [0.5, 0.6) is 0 Å². The van der Waals surface area contributed by atoms with Crippen LogP contribution in [0.3, 0.4) is 0 Å². The van der Waals surface area contributed by atoms with Crippen molar-refractivity contribution in [2.75, 3.05) is 32.7 Å². The van der Waals surface area contributed by atoms with Crippen molar-refractivity contribution in [1.29, 1.82) is 0 Å². The molecule has 1 fully saturated rings. The molecule has 5 heteroatoms. The summed E-state index contributed by atoms with van der Waals surface area (Å²) in [5.74, 6) is 1.25. The van der Waals surface area contributed by atoms with Gasteiger partial charge in [-0.3, -0.25) is 9.69 Å². The van der Waals surface area contributed by atoms with Crippen molar-refractivity contribution >= 4 is 5.91 Å². The molecular weight excluding hydrogens is 372 g/mol. The van der Waals surface area contributed by atoms with Crippen LogP contribution in [0.1, 0.15) is 24.8 Å². The molecule has 2 aromatic carbocycles. The zero-order valence-corrected chi connectivity index (χ0v) is 17.7. The van der Waals surface area contributed by atoms with E-state index in [0.717, 1.165) is 62.6 Å². The van der Waals surface area contributed by atoms with Gasteiger partial charge in [-0.05, 0) is 12.0 Å². The molecule has 1 atom stereocenters. The summed E-state index contributed by atoms with van der Waals surface area (Å²) in [5.41, 5.74) is 2.27. The third-order valence-corrected chi connectivity index (χ3v) is 6.00. The van der Waals surface area contributed by atoms with E-state index in [9.17, 15) is 4.79 Å². The van der Waals surface area contributed by atoms with Crippen LogP contribution in [0, 0.1) is 0 Å². The minimum atomic E-state index is -0.0304. The molecule has 0 radical (unpaired) electrons. The van der Waals surface area contributed by atoms with Crippen molar-refractivity contribution in [3.8, 4) is 11.4 Å². The van der Waals surface area contributed by atoms with E-state index in [1.165, 1.54) is 0 Å². The molecule has 1 aliphatic rings. The van der Waals surface area contributed by atoms with Crippen LogP contribution in [0.4, 0.5) is 0 Å². The highest BCUT2D eigenvalue weighted by Gasteiger charge is 2.27. The van der Waals surface area contributed by atoms with Gasteiger partial charge in [0.15, 0.2) is 0 Å². The minimum Gasteiger partial charge on any atom is -0.340 e. The summed E-state index contributed by atoms with van der Waals surface area (Å²) in [7, 11) is 0. The average molecular weight is 403 g/mol. The number of carbonyl (C=O) groups excluding carboxylic acids is 1. The maximum atomic E-state index is 13.1. The molecule has 5 nitrogen and oxygen atoms in total. The monoisotopic (exact) mass is 402 g/mol. The fourth-order valence-corrected chi connectivity index (χ4v) is 4.24. The predicted molar refractivity (Wildman–Crippen MR) is 120 cm³/mol. The summed E-state index contributed by atoms with van der Waals surface area (Å²) in [6.07, 6.45) is 4.76. The lowest BCUT2D eigenvalue weighted by molar-refractivity contribution is -0.134. The molecule has 0 aliphatic carbocycles. The van der Waals surface area contributed by atoms with Gasteiger partial charge < -0.3 is 9.47 Å². The topological polar surface area (TPSA) is 41.4 Å². The molecule has 1 aliphatic heterocycles. The molecule has 30 heavy (non-hydrogen) atoms. The molecule has 1 amide bonds. The standard InChI is InChI=1S/C25H30N4O/c1-2-23(21-9-5-3-6-10-21)25(30)29-19-16-27(17-20-29)15-18-28-14-13-26-24(28)22-11-7-4-8-12-22/h3-14,23H,2,15-20H2,1H3. The first kappa shape index (κ1) is 20.4. The lowest BCUT2D eigenvalue weighted by atomic mass is 9.95. The number of amides is 1. The summed E-state index contributed by atoms with van der Waals surface area (Å²) >= 11 is 0. The number of carbonyl (C=O) groups is 1. The summed E-state index contributed by atoms with van der Waals surface area (Å²) in [4.78, 5) is 22.1. The molecule has 156 valence electrons. The van der Waals surface area contributed by atoms with Crippen molar-refractivity contribution in [3.05, 3.63) is 78.6 Å². The van der Waals surface area contributed by atoms with Crippen molar-refractivity contribution in [3.63, 3.8) is 0 Å². The minimum absolute atomic E-state index is 0.0304. The first-order valence-electron chi connectivity index (χ1n) is 10.9. The second-order valence-electron chi connectivity index (χ2n) is 7.85. The van der Waals surface area contributed by atoms with Crippen molar-refractivity contribution in [1.82, 2.24) is 19.4 Å². The van der Waals surface area contributed by atoms with Crippen LogP contribution in [0.15, 0.2) is 73.1 Å². The second kappa shape index (κ2) is 9.72. The van der Waals surface area contributed by atoms with E-state index in [2.05, 4.69) is 45.6 Å². The van der Waals surface area contributed by atoms with Gasteiger partial charge in [-0.25, -0.2) is 4.98 Å². The number of hydrogen-bond acceptors (Lipinski definition) is 3. The first-order chi connectivity index (χ1) is 14.8. The molecule has 3 aromatic rings. The number of imidazole rings is 1. The Morgan fingerprint density at radius 2 is 1.60 bits per heavy atom. The second-order valence-corrected chi connectivity index (χ2v) is 7.85. The fourth-order valence-electron chi connectivity index (χ4n) is 4.24.